The molecule has 2 amide bonds. The van der Waals surface area contributed by atoms with Crippen molar-refractivity contribution in [3.63, 3.8) is 0 Å². The number of carbonyl (C=O) groups is 2. The van der Waals surface area contributed by atoms with Crippen molar-refractivity contribution >= 4 is 12.0 Å². The van der Waals surface area contributed by atoms with Crippen LogP contribution in [0.3, 0.4) is 0 Å². The van der Waals surface area contributed by atoms with Crippen LogP contribution in [0.5, 0.6) is 0 Å². The van der Waals surface area contributed by atoms with Gasteiger partial charge in [-0.3, -0.25) is 0 Å². The summed E-state index contributed by atoms with van der Waals surface area (Å²) in [5.74, 6) is -0.996. The SMILES string of the molecule is COC1CC(C(=O)O)N(C(=O)N2CCCC(C)(O)CC2)C1. The summed E-state index contributed by atoms with van der Waals surface area (Å²) < 4.78 is 5.20. The van der Waals surface area contributed by atoms with Crippen molar-refractivity contribution in [3.8, 4) is 0 Å². The molecule has 2 fully saturated rings. The highest BCUT2D eigenvalue weighted by Gasteiger charge is 2.42. The zero-order valence-electron chi connectivity index (χ0n) is 12.6. The minimum absolute atomic E-state index is 0.231. The number of amides is 2. The van der Waals surface area contributed by atoms with Crippen LogP contribution in [0.15, 0.2) is 0 Å². The Kier molecular flexibility index (Phi) is 4.73. The maximum atomic E-state index is 12.6. The topological polar surface area (TPSA) is 90.3 Å². The quantitative estimate of drug-likeness (QED) is 0.776. The molecule has 2 heterocycles. The number of hydrogen-bond acceptors (Lipinski definition) is 4. The average molecular weight is 300 g/mol. The van der Waals surface area contributed by atoms with Crippen molar-refractivity contribution in [2.24, 2.45) is 0 Å². The van der Waals surface area contributed by atoms with E-state index in [1.165, 1.54) is 12.0 Å². The molecule has 0 aromatic heterocycles. The zero-order chi connectivity index (χ0) is 15.6. The van der Waals surface area contributed by atoms with E-state index in [1.807, 2.05) is 0 Å². The summed E-state index contributed by atoms with van der Waals surface area (Å²) in [7, 11) is 1.53. The third-order valence-corrected chi connectivity index (χ3v) is 4.46. The number of likely N-dealkylation sites (tertiary alicyclic amines) is 2. The number of urea groups is 1. The average Bonchev–Trinajstić information content (AvgIpc) is 2.77. The van der Waals surface area contributed by atoms with Gasteiger partial charge in [-0.15, -0.1) is 0 Å². The van der Waals surface area contributed by atoms with E-state index in [0.29, 0.717) is 38.9 Å². The van der Waals surface area contributed by atoms with Crippen LogP contribution in [-0.4, -0.2) is 76.5 Å². The Bertz CT molecular complexity index is 412. The lowest BCUT2D eigenvalue weighted by atomic mass is 9.98. The molecule has 0 saturated carbocycles. The number of ether oxygens (including phenoxy) is 1. The van der Waals surface area contributed by atoms with Crippen LogP contribution in [0.1, 0.15) is 32.6 Å². The van der Waals surface area contributed by atoms with Crippen molar-refractivity contribution in [3.05, 3.63) is 0 Å². The lowest BCUT2D eigenvalue weighted by Gasteiger charge is -2.29. The summed E-state index contributed by atoms with van der Waals surface area (Å²) in [4.78, 5) is 26.9. The number of carboxylic acid groups (broad SMARTS) is 1. The number of aliphatic carboxylic acids is 1. The van der Waals surface area contributed by atoms with Crippen LogP contribution in [0, 0.1) is 0 Å². The Morgan fingerprint density at radius 1 is 1.29 bits per heavy atom. The Morgan fingerprint density at radius 3 is 2.62 bits per heavy atom. The highest BCUT2D eigenvalue weighted by Crippen LogP contribution is 2.25. The van der Waals surface area contributed by atoms with Gasteiger partial charge < -0.3 is 24.7 Å². The van der Waals surface area contributed by atoms with Gasteiger partial charge in [-0.25, -0.2) is 9.59 Å². The van der Waals surface area contributed by atoms with E-state index in [0.717, 1.165) is 6.42 Å². The second-order valence-corrected chi connectivity index (χ2v) is 6.22. The number of nitrogens with zero attached hydrogens (tertiary/aromatic N) is 2. The molecular formula is C14H24N2O5. The number of rotatable bonds is 2. The molecule has 0 bridgehead atoms. The van der Waals surface area contributed by atoms with Gasteiger partial charge in [-0.2, -0.15) is 0 Å². The van der Waals surface area contributed by atoms with Gasteiger partial charge in [-0.05, 0) is 26.2 Å². The van der Waals surface area contributed by atoms with Gasteiger partial charge >= 0.3 is 12.0 Å². The molecule has 2 aliphatic rings. The van der Waals surface area contributed by atoms with Crippen molar-refractivity contribution in [2.45, 2.75) is 50.4 Å². The molecule has 0 aromatic rings. The minimum atomic E-state index is -0.996. The molecule has 2 N–H and O–H groups in total. The molecule has 2 saturated heterocycles. The maximum Gasteiger partial charge on any atom is 0.326 e. The van der Waals surface area contributed by atoms with Crippen LogP contribution in [0.25, 0.3) is 0 Å². The van der Waals surface area contributed by atoms with Crippen LogP contribution in [0.2, 0.25) is 0 Å². The van der Waals surface area contributed by atoms with E-state index in [4.69, 9.17) is 4.74 Å². The van der Waals surface area contributed by atoms with Crippen LogP contribution in [0.4, 0.5) is 4.79 Å². The minimum Gasteiger partial charge on any atom is -0.480 e. The molecule has 21 heavy (non-hydrogen) atoms. The normalized spacial score (nSPS) is 33.9. The highest BCUT2D eigenvalue weighted by atomic mass is 16.5. The second-order valence-electron chi connectivity index (χ2n) is 6.22. The van der Waals surface area contributed by atoms with Gasteiger partial charge in [0, 0.05) is 33.2 Å². The Labute approximate surface area is 124 Å². The Balaban J connectivity index is 2.05. The highest BCUT2D eigenvalue weighted by molar-refractivity contribution is 5.83. The molecule has 120 valence electrons. The molecule has 3 unspecified atom stereocenters. The Hall–Kier alpha value is -1.34. The summed E-state index contributed by atoms with van der Waals surface area (Å²) in [5, 5.41) is 19.3. The number of methoxy groups -OCH3 is 1. The standard InChI is InChI=1S/C14H24N2O5/c1-14(20)4-3-6-15(7-5-14)13(19)16-9-10(21-2)8-11(16)12(17)18/h10-11,20H,3-9H2,1-2H3,(H,17,18). The van der Waals surface area contributed by atoms with Gasteiger partial charge in [0.1, 0.15) is 6.04 Å². The van der Waals surface area contributed by atoms with Gasteiger partial charge in [0.2, 0.25) is 0 Å². The van der Waals surface area contributed by atoms with E-state index in [-0.39, 0.29) is 12.1 Å². The zero-order valence-corrected chi connectivity index (χ0v) is 12.6. The number of aliphatic hydroxyl groups is 1. The number of hydrogen-bond donors (Lipinski definition) is 2. The molecule has 0 aromatic carbocycles. The smallest absolute Gasteiger partial charge is 0.326 e. The first-order chi connectivity index (χ1) is 9.84. The first kappa shape index (κ1) is 16.0. The fourth-order valence-electron chi connectivity index (χ4n) is 3.05. The van der Waals surface area contributed by atoms with E-state index < -0.39 is 17.6 Å². The summed E-state index contributed by atoms with van der Waals surface area (Å²) in [6.07, 6.45) is 1.98. The third-order valence-electron chi connectivity index (χ3n) is 4.46. The van der Waals surface area contributed by atoms with Crippen LogP contribution in [-0.2, 0) is 9.53 Å². The lowest BCUT2D eigenvalue weighted by molar-refractivity contribution is -0.141. The first-order valence-electron chi connectivity index (χ1n) is 7.37. The molecule has 7 heteroatoms. The predicted octanol–water partition coefficient (Wildman–Crippen LogP) is 0.517. The van der Waals surface area contributed by atoms with E-state index in [1.54, 1.807) is 11.8 Å². The molecule has 3 atom stereocenters. The van der Waals surface area contributed by atoms with Crippen molar-refractivity contribution in [1.82, 2.24) is 9.80 Å². The van der Waals surface area contributed by atoms with E-state index in [9.17, 15) is 19.8 Å². The summed E-state index contributed by atoms with van der Waals surface area (Å²) in [6.45, 7) is 3.08. The molecule has 0 spiro atoms. The van der Waals surface area contributed by atoms with Gasteiger partial charge in [-0.1, -0.05) is 0 Å². The molecule has 2 rings (SSSR count). The van der Waals surface area contributed by atoms with Crippen molar-refractivity contribution in [1.29, 1.82) is 0 Å². The van der Waals surface area contributed by atoms with Gasteiger partial charge in [0.15, 0.2) is 0 Å². The second kappa shape index (κ2) is 6.19. The lowest BCUT2D eigenvalue weighted by Crippen LogP contribution is -2.48. The molecular weight excluding hydrogens is 276 g/mol. The molecule has 2 aliphatic heterocycles. The van der Waals surface area contributed by atoms with E-state index >= 15 is 0 Å². The van der Waals surface area contributed by atoms with Gasteiger partial charge in [0.25, 0.3) is 0 Å². The maximum absolute atomic E-state index is 12.6. The summed E-state index contributed by atoms with van der Waals surface area (Å²) >= 11 is 0. The third kappa shape index (κ3) is 3.65. The molecule has 7 nitrogen and oxygen atoms in total. The predicted molar refractivity (Wildman–Crippen MR) is 75.0 cm³/mol. The van der Waals surface area contributed by atoms with Gasteiger partial charge in [0.05, 0.1) is 11.7 Å². The molecule has 0 aliphatic carbocycles. The van der Waals surface area contributed by atoms with Crippen LogP contribution >= 0.6 is 0 Å². The van der Waals surface area contributed by atoms with Crippen molar-refractivity contribution < 1.29 is 24.5 Å². The number of carbonyl (C=O) groups excluding carboxylic acids is 1. The number of carboxylic acids is 1. The summed E-state index contributed by atoms with van der Waals surface area (Å²) in [5.41, 5.74) is -0.749. The Morgan fingerprint density at radius 2 is 2.00 bits per heavy atom. The largest absolute Gasteiger partial charge is 0.480 e. The monoisotopic (exact) mass is 300 g/mol. The fourth-order valence-corrected chi connectivity index (χ4v) is 3.05. The van der Waals surface area contributed by atoms with Crippen molar-refractivity contribution in [2.75, 3.05) is 26.7 Å². The molecule has 0 radical (unpaired) electrons. The first-order valence-corrected chi connectivity index (χ1v) is 7.37. The van der Waals surface area contributed by atoms with E-state index in [2.05, 4.69) is 0 Å². The fraction of sp³-hybridized carbons (Fsp3) is 0.857. The summed E-state index contributed by atoms with van der Waals surface area (Å²) in [6, 6.07) is -1.09. The van der Waals surface area contributed by atoms with Crippen LogP contribution < -0.4 is 0 Å².